The smallest absolute Gasteiger partial charge is 0.245 e. The van der Waals surface area contributed by atoms with Gasteiger partial charge in [-0.05, 0) is 6.07 Å². The number of halogens is 1. The molecule has 0 bridgehead atoms. The Morgan fingerprint density at radius 2 is 2.14 bits per heavy atom. The van der Waals surface area contributed by atoms with Gasteiger partial charge in [0.1, 0.15) is 10.7 Å². The van der Waals surface area contributed by atoms with Crippen LogP contribution in [0.15, 0.2) is 29.6 Å². The molecular formula is C11H13ClN6O2S. The number of anilines is 1. The molecule has 1 aliphatic heterocycles. The summed E-state index contributed by atoms with van der Waals surface area (Å²) in [6.07, 6.45) is 4.72. The molecule has 112 valence electrons. The number of pyridine rings is 1. The molecule has 2 aromatic heterocycles. The predicted octanol–water partition coefficient (Wildman–Crippen LogP) is 0.422. The van der Waals surface area contributed by atoms with E-state index >= 15 is 0 Å². The number of hydrogen-bond donors (Lipinski definition) is 2. The Labute approximate surface area is 126 Å². The normalized spacial score (nSPS) is 15.7. The zero-order valence-corrected chi connectivity index (χ0v) is 12.5. The van der Waals surface area contributed by atoms with E-state index in [1.165, 1.54) is 16.6 Å². The van der Waals surface area contributed by atoms with Gasteiger partial charge in [0.15, 0.2) is 5.82 Å². The molecule has 10 heteroatoms. The fourth-order valence-corrected chi connectivity index (χ4v) is 3.82. The van der Waals surface area contributed by atoms with Gasteiger partial charge in [-0.15, -0.1) is 0 Å². The monoisotopic (exact) mass is 328 g/mol. The number of rotatable bonds is 3. The Morgan fingerprint density at radius 1 is 1.33 bits per heavy atom. The molecule has 0 aromatic carbocycles. The van der Waals surface area contributed by atoms with E-state index in [0.717, 1.165) is 0 Å². The van der Waals surface area contributed by atoms with Crippen LogP contribution in [-0.2, 0) is 23.1 Å². The Kier molecular flexibility index (Phi) is 3.57. The summed E-state index contributed by atoms with van der Waals surface area (Å²) in [5.74, 6) is 6.16. The number of aromatic nitrogens is 3. The maximum Gasteiger partial charge on any atom is 0.245 e. The van der Waals surface area contributed by atoms with Crippen LogP contribution in [0.2, 0.25) is 5.02 Å². The summed E-state index contributed by atoms with van der Waals surface area (Å²) in [5.41, 5.74) is 2.30. The van der Waals surface area contributed by atoms with Crippen molar-refractivity contribution in [2.75, 3.05) is 12.0 Å². The van der Waals surface area contributed by atoms with Gasteiger partial charge in [-0.1, -0.05) is 11.6 Å². The molecule has 3 rings (SSSR count). The highest BCUT2D eigenvalue weighted by atomic mass is 35.5. The second-order valence-electron chi connectivity index (χ2n) is 4.52. The van der Waals surface area contributed by atoms with Crippen LogP contribution in [0.5, 0.6) is 0 Å². The van der Waals surface area contributed by atoms with E-state index in [4.69, 9.17) is 17.4 Å². The number of nitrogens with one attached hydrogen (secondary N) is 1. The van der Waals surface area contributed by atoms with Crippen molar-refractivity contribution in [1.29, 1.82) is 0 Å². The van der Waals surface area contributed by atoms with E-state index in [0.29, 0.717) is 18.9 Å². The highest BCUT2D eigenvalue weighted by Crippen LogP contribution is 2.25. The number of nitrogens with two attached hydrogens (primary N) is 1. The minimum absolute atomic E-state index is 0.0338. The third-order valence-electron chi connectivity index (χ3n) is 3.30. The van der Waals surface area contributed by atoms with E-state index in [2.05, 4.69) is 15.4 Å². The average Bonchev–Trinajstić information content (AvgIpc) is 2.94. The average molecular weight is 329 g/mol. The molecule has 3 heterocycles. The quantitative estimate of drug-likeness (QED) is 0.625. The topological polar surface area (TPSA) is 106 Å². The van der Waals surface area contributed by atoms with Crippen LogP contribution in [0.4, 0.5) is 5.82 Å². The van der Waals surface area contributed by atoms with Gasteiger partial charge in [-0.3, -0.25) is 0 Å². The third kappa shape index (κ3) is 2.48. The van der Waals surface area contributed by atoms with Crippen molar-refractivity contribution in [2.24, 2.45) is 5.84 Å². The van der Waals surface area contributed by atoms with Gasteiger partial charge in [0, 0.05) is 31.7 Å². The molecule has 0 aliphatic carbocycles. The number of sulfonamides is 1. The lowest BCUT2D eigenvalue weighted by molar-refractivity contribution is 0.335. The first-order valence-electron chi connectivity index (χ1n) is 6.14. The largest absolute Gasteiger partial charge is 0.333 e. The molecule has 0 spiro atoms. The zero-order chi connectivity index (χ0) is 15.0. The third-order valence-corrected chi connectivity index (χ3v) is 5.40. The Bertz CT molecular complexity index is 775. The van der Waals surface area contributed by atoms with Crippen molar-refractivity contribution in [3.05, 3.63) is 35.5 Å². The van der Waals surface area contributed by atoms with Crippen LogP contribution in [-0.4, -0.2) is 33.8 Å². The lowest BCUT2D eigenvalue weighted by Gasteiger charge is -2.26. The van der Waals surface area contributed by atoms with Gasteiger partial charge < -0.3 is 9.99 Å². The zero-order valence-electron chi connectivity index (χ0n) is 10.9. The Balaban J connectivity index is 1.93. The molecule has 1 aliphatic rings. The molecule has 0 atom stereocenters. The van der Waals surface area contributed by atoms with Gasteiger partial charge >= 0.3 is 0 Å². The maximum atomic E-state index is 12.6. The van der Waals surface area contributed by atoms with Crippen molar-refractivity contribution in [2.45, 2.75) is 18.0 Å². The van der Waals surface area contributed by atoms with Crippen LogP contribution < -0.4 is 11.3 Å². The van der Waals surface area contributed by atoms with Gasteiger partial charge in [0.25, 0.3) is 0 Å². The summed E-state index contributed by atoms with van der Waals surface area (Å²) >= 11 is 5.93. The van der Waals surface area contributed by atoms with Crippen molar-refractivity contribution >= 4 is 27.4 Å². The van der Waals surface area contributed by atoms with Gasteiger partial charge in [0.05, 0.1) is 11.6 Å². The van der Waals surface area contributed by atoms with Crippen LogP contribution in [0.3, 0.4) is 0 Å². The van der Waals surface area contributed by atoms with Gasteiger partial charge in [-0.25, -0.2) is 24.2 Å². The lowest BCUT2D eigenvalue weighted by Crippen LogP contribution is -2.38. The molecule has 21 heavy (non-hydrogen) atoms. The Hall–Kier alpha value is -1.68. The SMILES string of the molecule is NNc1ncc(S(=O)(=O)N2CCn3ccnc3C2)cc1Cl. The van der Waals surface area contributed by atoms with Crippen LogP contribution in [0, 0.1) is 0 Å². The summed E-state index contributed by atoms with van der Waals surface area (Å²) in [7, 11) is -3.67. The molecular weight excluding hydrogens is 316 g/mol. The molecule has 2 aromatic rings. The summed E-state index contributed by atoms with van der Waals surface area (Å²) in [5, 5.41) is 0.150. The number of fused-ring (bicyclic) bond motifs is 1. The van der Waals surface area contributed by atoms with E-state index in [1.807, 2.05) is 10.8 Å². The van der Waals surface area contributed by atoms with E-state index < -0.39 is 10.0 Å². The van der Waals surface area contributed by atoms with E-state index in [1.54, 1.807) is 6.20 Å². The van der Waals surface area contributed by atoms with Crippen molar-refractivity contribution in [3.8, 4) is 0 Å². The van der Waals surface area contributed by atoms with Crippen molar-refractivity contribution in [1.82, 2.24) is 18.8 Å². The standard InChI is InChI=1S/C11H13ClN6O2S/c12-9-5-8(6-15-11(9)16-13)21(19,20)18-4-3-17-2-1-14-10(17)7-18/h1-2,5-6H,3-4,7,13H2,(H,15,16). The fraction of sp³-hybridized carbons (Fsp3) is 0.273. The highest BCUT2D eigenvalue weighted by Gasteiger charge is 2.29. The summed E-state index contributed by atoms with van der Waals surface area (Å²) in [6.45, 7) is 1.17. The summed E-state index contributed by atoms with van der Waals surface area (Å²) in [6, 6.07) is 1.33. The number of hydrazine groups is 1. The number of nitrogen functional groups attached to an aromatic ring is 1. The first-order chi connectivity index (χ1) is 10.0. The number of nitrogens with zero attached hydrogens (tertiary/aromatic N) is 4. The van der Waals surface area contributed by atoms with Gasteiger partial charge in [-0.2, -0.15) is 4.31 Å². The minimum atomic E-state index is -3.67. The van der Waals surface area contributed by atoms with Crippen LogP contribution in [0.25, 0.3) is 0 Å². The van der Waals surface area contributed by atoms with Crippen molar-refractivity contribution < 1.29 is 8.42 Å². The fourth-order valence-electron chi connectivity index (χ4n) is 2.17. The minimum Gasteiger partial charge on any atom is -0.333 e. The second kappa shape index (κ2) is 5.26. The molecule has 0 unspecified atom stereocenters. The molecule has 8 nitrogen and oxygen atoms in total. The number of imidazole rings is 1. The predicted molar refractivity (Wildman–Crippen MR) is 76.9 cm³/mol. The van der Waals surface area contributed by atoms with E-state index in [-0.39, 0.29) is 22.3 Å². The second-order valence-corrected chi connectivity index (χ2v) is 6.87. The molecule has 0 fully saturated rings. The summed E-state index contributed by atoms with van der Waals surface area (Å²) < 4.78 is 28.5. The molecule has 0 radical (unpaired) electrons. The maximum absolute atomic E-state index is 12.6. The van der Waals surface area contributed by atoms with Gasteiger partial charge in [0.2, 0.25) is 10.0 Å². The molecule has 0 amide bonds. The lowest BCUT2D eigenvalue weighted by atomic mass is 10.4. The highest BCUT2D eigenvalue weighted by molar-refractivity contribution is 7.89. The number of hydrogen-bond acceptors (Lipinski definition) is 6. The van der Waals surface area contributed by atoms with Crippen LogP contribution >= 0.6 is 11.6 Å². The Morgan fingerprint density at radius 3 is 2.86 bits per heavy atom. The van der Waals surface area contributed by atoms with Crippen molar-refractivity contribution in [3.63, 3.8) is 0 Å². The first-order valence-corrected chi connectivity index (χ1v) is 7.96. The summed E-state index contributed by atoms with van der Waals surface area (Å²) in [4.78, 5) is 8.08. The van der Waals surface area contributed by atoms with E-state index in [9.17, 15) is 8.42 Å². The first kappa shape index (κ1) is 14.3. The van der Waals surface area contributed by atoms with Crippen LogP contribution in [0.1, 0.15) is 5.82 Å². The molecule has 3 N–H and O–H groups in total. The molecule has 0 saturated carbocycles. The molecule has 0 saturated heterocycles.